The van der Waals surface area contributed by atoms with Crippen molar-refractivity contribution in [2.24, 2.45) is 5.92 Å². The Balaban J connectivity index is 1.69. The number of aryl methyl sites for hydroxylation is 1. The first-order valence-corrected chi connectivity index (χ1v) is 11.9. The first-order valence-electron chi connectivity index (χ1n) is 11.9. The van der Waals surface area contributed by atoms with Crippen molar-refractivity contribution in [2.45, 2.75) is 65.0 Å². The van der Waals surface area contributed by atoms with Gasteiger partial charge < -0.3 is 15.0 Å². The number of likely N-dealkylation sites (N-methyl/N-ethyl adjacent to an activating group) is 1. The fraction of sp³-hybridized carbons (Fsp3) is 0.481. The molecule has 1 N–H and O–H groups in total. The van der Waals surface area contributed by atoms with Crippen LogP contribution in [0, 0.1) is 12.8 Å². The van der Waals surface area contributed by atoms with E-state index in [9.17, 15) is 9.59 Å². The highest BCUT2D eigenvalue weighted by molar-refractivity contribution is 5.81. The molecule has 5 nitrogen and oxygen atoms in total. The summed E-state index contributed by atoms with van der Waals surface area (Å²) in [6.07, 6.45) is 4.54. The smallest absolute Gasteiger partial charge is 0.260 e. The maximum Gasteiger partial charge on any atom is 0.260 e. The topological polar surface area (TPSA) is 58.6 Å². The van der Waals surface area contributed by atoms with Gasteiger partial charge in [0.1, 0.15) is 5.75 Å². The van der Waals surface area contributed by atoms with E-state index in [0.29, 0.717) is 12.3 Å². The lowest BCUT2D eigenvalue weighted by atomic mass is 9.86. The van der Waals surface area contributed by atoms with Gasteiger partial charge in [0.15, 0.2) is 6.10 Å². The summed E-state index contributed by atoms with van der Waals surface area (Å²) >= 11 is 0. The second-order valence-corrected chi connectivity index (χ2v) is 9.09. The van der Waals surface area contributed by atoms with Crippen LogP contribution in [0.4, 0.5) is 0 Å². The molecule has 1 heterocycles. The molecule has 2 unspecified atom stereocenters. The van der Waals surface area contributed by atoms with Crippen molar-refractivity contribution in [1.82, 2.24) is 10.2 Å². The van der Waals surface area contributed by atoms with E-state index in [1.54, 1.807) is 6.92 Å². The van der Waals surface area contributed by atoms with Gasteiger partial charge in [-0.2, -0.15) is 0 Å². The first-order chi connectivity index (χ1) is 15.5. The fourth-order valence-electron chi connectivity index (χ4n) is 4.99. The quantitative estimate of drug-likeness (QED) is 0.725. The third-order valence-corrected chi connectivity index (χ3v) is 6.76. The van der Waals surface area contributed by atoms with E-state index in [0.717, 1.165) is 49.8 Å². The summed E-state index contributed by atoms with van der Waals surface area (Å²) in [4.78, 5) is 27.8. The molecule has 170 valence electrons. The number of nitrogens with one attached hydrogen (secondary N) is 1. The molecule has 5 heteroatoms. The Kier molecular flexibility index (Phi) is 6.83. The molecular weight excluding hydrogens is 400 g/mol. The molecule has 1 aliphatic carbocycles. The van der Waals surface area contributed by atoms with Crippen LogP contribution in [-0.2, 0) is 16.0 Å². The van der Waals surface area contributed by atoms with Crippen LogP contribution in [0.3, 0.4) is 0 Å². The average molecular weight is 435 g/mol. The van der Waals surface area contributed by atoms with E-state index in [1.165, 1.54) is 11.1 Å². The summed E-state index contributed by atoms with van der Waals surface area (Å²) in [5.41, 5.74) is 4.67. The van der Waals surface area contributed by atoms with Crippen molar-refractivity contribution < 1.29 is 14.3 Å². The minimum Gasteiger partial charge on any atom is -0.481 e. The zero-order valence-electron chi connectivity index (χ0n) is 19.4. The van der Waals surface area contributed by atoms with E-state index in [4.69, 9.17) is 4.74 Å². The third-order valence-electron chi connectivity index (χ3n) is 6.76. The number of hydrogen-bond donors (Lipinski definition) is 1. The second kappa shape index (κ2) is 9.76. The minimum absolute atomic E-state index is 0.127. The van der Waals surface area contributed by atoms with Gasteiger partial charge in [-0.15, -0.1) is 0 Å². The molecule has 2 aromatic rings. The van der Waals surface area contributed by atoms with Crippen LogP contribution in [0.1, 0.15) is 67.8 Å². The molecule has 1 saturated carbocycles. The van der Waals surface area contributed by atoms with Gasteiger partial charge in [0.05, 0.1) is 6.04 Å². The maximum atomic E-state index is 13.5. The molecule has 2 aliphatic rings. The lowest BCUT2D eigenvalue weighted by Gasteiger charge is -2.39. The van der Waals surface area contributed by atoms with Crippen molar-refractivity contribution in [3.8, 4) is 5.75 Å². The number of benzene rings is 2. The number of ether oxygens (including phenoxy) is 1. The molecule has 1 aliphatic heterocycles. The molecule has 4 rings (SSSR count). The number of rotatable bonds is 6. The molecule has 0 spiro atoms. The van der Waals surface area contributed by atoms with E-state index in [1.807, 2.05) is 19.1 Å². The maximum absolute atomic E-state index is 13.5. The molecule has 2 amide bonds. The molecular formula is C27H34N2O3. The molecule has 1 fully saturated rings. The van der Waals surface area contributed by atoms with Gasteiger partial charge in [-0.1, -0.05) is 48.7 Å². The van der Waals surface area contributed by atoms with E-state index in [-0.39, 0.29) is 23.8 Å². The van der Waals surface area contributed by atoms with Gasteiger partial charge in [-0.3, -0.25) is 9.59 Å². The summed E-state index contributed by atoms with van der Waals surface area (Å²) in [6.45, 7) is 7.04. The predicted octanol–water partition coefficient (Wildman–Crippen LogP) is 4.56. The van der Waals surface area contributed by atoms with Gasteiger partial charge in [0, 0.05) is 19.0 Å². The Hall–Kier alpha value is -2.82. The molecule has 2 atom stereocenters. The van der Waals surface area contributed by atoms with Crippen LogP contribution in [0.15, 0.2) is 42.5 Å². The molecule has 0 bridgehead atoms. The Morgan fingerprint density at radius 1 is 1.12 bits per heavy atom. The Morgan fingerprint density at radius 3 is 2.53 bits per heavy atom. The lowest BCUT2D eigenvalue weighted by molar-refractivity contribution is -0.137. The summed E-state index contributed by atoms with van der Waals surface area (Å²) in [6, 6.07) is 14.4. The number of nitrogens with zero attached hydrogens (tertiary/aromatic N) is 1. The Bertz CT molecular complexity index is 963. The SMILES string of the molecule is CCNC(=O)C(C)Oc1ccc2c(c1)C(c1ccc(C)cc1)N(C(=O)C1CCCC1)CC2. The van der Waals surface area contributed by atoms with Crippen molar-refractivity contribution >= 4 is 11.8 Å². The van der Waals surface area contributed by atoms with Gasteiger partial charge in [-0.25, -0.2) is 0 Å². The summed E-state index contributed by atoms with van der Waals surface area (Å²) < 4.78 is 5.98. The van der Waals surface area contributed by atoms with E-state index in [2.05, 4.69) is 47.5 Å². The highest BCUT2D eigenvalue weighted by atomic mass is 16.5. The van der Waals surface area contributed by atoms with Gasteiger partial charge >= 0.3 is 0 Å². The van der Waals surface area contributed by atoms with E-state index < -0.39 is 6.10 Å². The first kappa shape index (κ1) is 22.4. The number of amides is 2. The van der Waals surface area contributed by atoms with Gasteiger partial charge in [0.25, 0.3) is 5.91 Å². The fourth-order valence-corrected chi connectivity index (χ4v) is 4.99. The van der Waals surface area contributed by atoms with Crippen molar-refractivity contribution in [3.05, 3.63) is 64.7 Å². The lowest BCUT2D eigenvalue weighted by Crippen LogP contribution is -2.43. The zero-order chi connectivity index (χ0) is 22.7. The average Bonchev–Trinajstić information content (AvgIpc) is 3.33. The van der Waals surface area contributed by atoms with Crippen LogP contribution < -0.4 is 10.1 Å². The molecule has 2 aromatic carbocycles. The number of carbonyl (C=O) groups excluding carboxylic acids is 2. The Labute approximate surface area is 191 Å². The number of fused-ring (bicyclic) bond motifs is 1. The molecule has 0 radical (unpaired) electrons. The highest BCUT2D eigenvalue weighted by Crippen LogP contribution is 2.39. The molecule has 32 heavy (non-hydrogen) atoms. The monoisotopic (exact) mass is 434 g/mol. The van der Waals surface area contributed by atoms with Gasteiger partial charge in [-0.05, 0) is 68.9 Å². The predicted molar refractivity (Wildman–Crippen MR) is 126 cm³/mol. The van der Waals surface area contributed by atoms with E-state index >= 15 is 0 Å². The number of hydrogen-bond acceptors (Lipinski definition) is 3. The van der Waals surface area contributed by atoms with Crippen LogP contribution in [0.25, 0.3) is 0 Å². The third kappa shape index (κ3) is 4.67. The molecule has 0 saturated heterocycles. The minimum atomic E-state index is -0.578. The van der Waals surface area contributed by atoms with Gasteiger partial charge in [0.2, 0.25) is 5.91 Å². The summed E-state index contributed by atoms with van der Waals surface area (Å²) in [5, 5.41) is 2.80. The van der Waals surface area contributed by atoms with Crippen molar-refractivity contribution in [3.63, 3.8) is 0 Å². The normalized spacial score (nSPS) is 19.3. The second-order valence-electron chi connectivity index (χ2n) is 9.09. The zero-order valence-corrected chi connectivity index (χ0v) is 19.4. The summed E-state index contributed by atoms with van der Waals surface area (Å²) in [5.74, 6) is 0.954. The number of carbonyl (C=O) groups is 2. The standard InChI is InChI=1S/C27H34N2O3/c1-4-28-26(30)19(3)32-23-14-13-20-15-16-29(27(31)22-7-5-6-8-22)25(24(20)17-23)21-11-9-18(2)10-12-21/h9-14,17,19,22,25H,4-8,15-16H2,1-3H3,(H,28,30). The van der Waals surface area contributed by atoms with Crippen LogP contribution >= 0.6 is 0 Å². The van der Waals surface area contributed by atoms with Crippen LogP contribution in [0.5, 0.6) is 5.75 Å². The van der Waals surface area contributed by atoms with Crippen LogP contribution in [0.2, 0.25) is 0 Å². The van der Waals surface area contributed by atoms with Crippen LogP contribution in [-0.4, -0.2) is 35.9 Å². The van der Waals surface area contributed by atoms with Crippen molar-refractivity contribution in [1.29, 1.82) is 0 Å². The largest absolute Gasteiger partial charge is 0.481 e. The summed E-state index contributed by atoms with van der Waals surface area (Å²) in [7, 11) is 0. The Morgan fingerprint density at radius 2 is 1.84 bits per heavy atom. The molecule has 0 aromatic heterocycles. The van der Waals surface area contributed by atoms with Crippen molar-refractivity contribution in [2.75, 3.05) is 13.1 Å². The highest BCUT2D eigenvalue weighted by Gasteiger charge is 2.36.